The van der Waals surface area contributed by atoms with Crippen LogP contribution >= 0.6 is 0 Å². The smallest absolute Gasteiger partial charge is 0.256 e. The highest BCUT2D eigenvalue weighted by molar-refractivity contribution is 6.00. The van der Waals surface area contributed by atoms with Gasteiger partial charge < -0.3 is 15.4 Å². The van der Waals surface area contributed by atoms with Gasteiger partial charge in [-0.05, 0) is 30.4 Å². The zero-order valence-electron chi connectivity index (χ0n) is 12.6. The van der Waals surface area contributed by atoms with Crippen molar-refractivity contribution in [3.8, 4) is 5.75 Å². The third-order valence-corrected chi connectivity index (χ3v) is 4.63. The molecule has 4 heteroatoms. The maximum Gasteiger partial charge on any atom is 0.256 e. The molecule has 20 heavy (non-hydrogen) atoms. The molecule has 0 aromatic heterocycles. The number of hydrogen-bond donors (Lipinski definition) is 1. The molecule has 0 aliphatic carbocycles. The zero-order valence-corrected chi connectivity index (χ0v) is 12.6. The Hall–Kier alpha value is -1.71. The lowest BCUT2D eigenvalue weighted by Gasteiger charge is -2.39. The first-order valence-corrected chi connectivity index (χ1v) is 7.22. The summed E-state index contributed by atoms with van der Waals surface area (Å²) in [4.78, 5) is 14.5. The van der Waals surface area contributed by atoms with E-state index >= 15 is 0 Å². The van der Waals surface area contributed by atoms with Crippen LogP contribution in [0.1, 0.15) is 43.5 Å². The van der Waals surface area contributed by atoms with E-state index in [-0.39, 0.29) is 5.91 Å². The van der Waals surface area contributed by atoms with Crippen molar-refractivity contribution in [1.82, 2.24) is 4.90 Å². The van der Waals surface area contributed by atoms with Crippen LogP contribution in [-0.4, -0.2) is 31.0 Å². The van der Waals surface area contributed by atoms with Crippen molar-refractivity contribution in [2.45, 2.75) is 33.1 Å². The number of likely N-dealkylation sites (tertiary alicyclic amines) is 1. The van der Waals surface area contributed by atoms with Crippen molar-refractivity contribution in [1.29, 1.82) is 0 Å². The molecule has 0 spiro atoms. The fourth-order valence-corrected chi connectivity index (χ4v) is 2.68. The molecule has 0 unspecified atom stereocenters. The summed E-state index contributed by atoms with van der Waals surface area (Å²) in [6.45, 7) is 6.13. The first-order valence-electron chi connectivity index (χ1n) is 7.22. The Bertz CT molecular complexity index is 491. The quantitative estimate of drug-likeness (QED) is 0.864. The molecule has 1 heterocycles. The topological polar surface area (TPSA) is 55.6 Å². The van der Waals surface area contributed by atoms with Crippen LogP contribution < -0.4 is 10.5 Å². The summed E-state index contributed by atoms with van der Waals surface area (Å²) in [6, 6.07) is 5.35. The van der Waals surface area contributed by atoms with Crippen molar-refractivity contribution in [2.24, 2.45) is 5.41 Å². The summed E-state index contributed by atoms with van der Waals surface area (Å²) < 4.78 is 5.18. The minimum Gasteiger partial charge on any atom is -0.495 e. The molecule has 1 fully saturated rings. The molecule has 2 rings (SSSR count). The third kappa shape index (κ3) is 2.74. The minimum absolute atomic E-state index is 0.0135. The Labute approximate surface area is 120 Å². The van der Waals surface area contributed by atoms with Gasteiger partial charge in [0.05, 0.1) is 18.4 Å². The van der Waals surface area contributed by atoms with Crippen LogP contribution in [0.4, 0.5) is 5.69 Å². The van der Waals surface area contributed by atoms with Crippen LogP contribution in [0.2, 0.25) is 0 Å². The highest BCUT2D eigenvalue weighted by atomic mass is 16.5. The van der Waals surface area contributed by atoms with Gasteiger partial charge in [-0.15, -0.1) is 0 Å². The predicted octanol–water partition coefficient (Wildman–Crippen LogP) is 2.93. The largest absolute Gasteiger partial charge is 0.495 e. The molecular formula is C16H24N2O2. The molecule has 0 saturated carbocycles. The van der Waals surface area contributed by atoms with Crippen LogP contribution in [0.15, 0.2) is 18.2 Å². The SMILES string of the molecule is CCC1(C)CCN(C(=O)c2cccc(OC)c2N)CC1. The van der Waals surface area contributed by atoms with Gasteiger partial charge in [0.2, 0.25) is 0 Å². The van der Waals surface area contributed by atoms with E-state index in [1.807, 2.05) is 11.0 Å². The molecule has 1 amide bonds. The van der Waals surface area contributed by atoms with Gasteiger partial charge >= 0.3 is 0 Å². The fraction of sp³-hybridized carbons (Fsp3) is 0.562. The maximum absolute atomic E-state index is 12.6. The number of nitrogens with zero attached hydrogens (tertiary/aromatic N) is 1. The summed E-state index contributed by atoms with van der Waals surface area (Å²) in [6.07, 6.45) is 3.27. The van der Waals surface area contributed by atoms with E-state index in [9.17, 15) is 4.79 Å². The van der Waals surface area contributed by atoms with Gasteiger partial charge in [0.1, 0.15) is 5.75 Å². The third-order valence-electron chi connectivity index (χ3n) is 4.63. The second-order valence-electron chi connectivity index (χ2n) is 5.88. The Kier molecular flexibility index (Phi) is 4.21. The summed E-state index contributed by atoms with van der Waals surface area (Å²) in [5.74, 6) is 0.575. The summed E-state index contributed by atoms with van der Waals surface area (Å²) in [5, 5.41) is 0. The zero-order chi connectivity index (χ0) is 14.8. The predicted molar refractivity (Wildman–Crippen MR) is 80.9 cm³/mol. The molecule has 1 aliphatic heterocycles. The fourth-order valence-electron chi connectivity index (χ4n) is 2.68. The summed E-state index contributed by atoms with van der Waals surface area (Å²) in [7, 11) is 1.56. The van der Waals surface area contributed by atoms with Crippen molar-refractivity contribution in [3.05, 3.63) is 23.8 Å². The molecule has 4 nitrogen and oxygen atoms in total. The normalized spacial score (nSPS) is 17.9. The lowest BCUT2D eigenvalue weighted by atomic mass is 9.78. The number of para-hydroxylation sites is 1. The average molecular weight is 276 g/mol. The highest BCUT2D eigenvalue weighted by Gasteiger charge is 2.31. The minimum atomic E-state index is 0.0135. The maximum atomic E-state index is 12.6. The van der Waals surface area contributed by atoms with E-state index in [0.717, 1.165) is 32.4 Å². The first kappa shape index (κ1) is 14.7. The van der Waals surface area contributed by atoms with Gasteiger partial charge in [-0.2, -0.15) is 0 Å². The van der Waals surface area contributed by atoms with Crippen molar-refractivity contribution >= 4 is 11.6 Å². The molecule has 1 saturated heterocycles. The number of rotatable bonds is 3. The van der Waals surface area contributed by atoms with Crippen LogP contribution in [0.25, 0.3) is 0 Å². The number of ether oxygens (including phenoxy) is 1. The van der Waals surface area contributed by atoms with E-state index < -0.39 is 0 Å². The number of methoxy groups -OCH3 is 1. The second-order valence-corrected chi connectivity index (χ2v) is 5.88. The molecule has 0 radical (unpaired) electrons. The van der Waals surface area contributed by atoms with E-state index in [1.165, 1.54) is 0 Å². The van der Waals surface area contributed by atoms with Gasteiger partial charge in [-0.3, -0.25) is 4.79 Å². The van der Waals surface area contributed by atoms with Crippen LogP contribution in [0, 0.1) is 5.41 Å². The number of benzene rings is 1. The standard InChI is InChI=1S/C16H24N2O2/c1-4-16(2)8-10-18(11-9-16)15(19)12-6-5-7-13(20-3)14(12)17/h5-7H,4,8-11,17H2,1-3H3. The number of hydrogen-bond acceptors (Lipinski definition) is 3. The Morgan fingerprint density at radius 1 is 1.40 bits per heavy atom. The Morgan fingerprint density at radius 2 is 2.05 bits per heavy atom. The number of carbonyl (C=O) groups excluding carboxylic acids is 1. The summed E-state index contributed by atoms with van der Waals surface area (Å²) in [5.41, 5.74) is 7.36. The van der Waals surface area contributed by atoms with Gasteiger partial charge in [-0.25, -0.2) is 0 Å². The highest BCUT2D eigenvalue weighted by Crippen LogP contribution is 2.35. The number of nitrogen functional groups attached to an aromatic ring is 1. The van der Waals surface area contributed by atoms with Crippen LogP contribution in [-0.2, 0) is 0 Å². The average Bonchev–Trinajstić information content (AvgIpc) is 2.47. The van der Waals surface area contributed by atoms with Gasteiger partial charge in [-0.1, -0.05) is 26.3 Å². The second kappa shape index (κ2) is 5.73. The van der Waals surface area contributed by atoms with Crippen molar-refractivity contribution in [3.63, 3.8) is 0 Å². The Morgan fingerprint density at radius 3 is 2.60 bits per heavy atom. The lowest BCUT2D eigenvalue weighted by Crippen LogP contribution is -2.42. The Balaban J connectivity index is 2.13. The number of carbonyl (C=O) groups is 1. The molecule has 1 aromatic carbocycles. The molecule has 0 bridgehead atoms. The molecule has 2 N–H and O–H groups in total. The van der Waals surface area contributed by atoms with E-state index in [0.29, 0.717) is 22.4 Å². The number of anilines is 1. The van der Waals surface area contributed by atoms with Gasteiger partial charge in [0.25, 0.3) is 5.91 Å². The number of piperidine rings is 1. The molecular weight excluding hydrogens is 252 g/mol. The van der Waals surface area contributed by atoms with Crippen LogP contribution in [0.5, 0.6) is 5.75 Å². The van der Waals surface area contributed by atoms with Gasteiger partial charge in [0, 0.05) is 13.1 Å². The molecule has 110 valence electrons. The van der Waals surface area contributed by atoms with Crippen molar-refractivity contribution in [2.75, 3.05) is 25.9 Å². The summed E-state index contributed by atoms with van der Waals surface area (Å²) >= 11 is 0. The molecule has 1 aliphatic rings. The van der Waals surface area contributed by atoms with E-state index in [1.54, 1.807) is 19.2 Å². The van der Waals surface area contributed by atoms with E-state index in [4.69, 9.17) is 10.5 Å². The van der Waals surface area contributed by atoms with Gasteiger partial charge in [0.15, 0.2) is 0 Å². The monoisotopic (exact) mass is 276 g/mol. The lowest BCUT2D eigenvalue weighted by molar-refractivity contribution is 0.0601. The molecule has 1 aromatic rings. The first-order chi connectivity index (χ1) is 9.50. The van der Waals surface area contributed by atoms with Crippen molar-refractivity contribution < 1.29 is 9.53 Å². The van der Waals surface area contributed by atoms with Crippen LogP contribution in [0.3, 0.4) is 0 Å². The molecule has 0 atom stereocenters. The number of nitrogens with two attached hydrogens (primary N) is 1. The van der Waals surface area contributed by atoms with E-state index in [2.05, 4.69) is 13.8 Å². The number of amides is 1.